The Balaban J connectivity index is 0. The van der Waals surface area contributed by atoms with Gasteiger partial charge in [0.05, 0.1) is 0 Å². The number of hydrogen-bond acceptors (Lipinski definition) is 1. The van der Waals surface area contributed by atoms with Crippen molar-refractivity contribution in [2.24, 2.45) is 5.73 Å². The molecule has 1 heteroatoms. The van der Waals surface area contributed by atoms with Gasteiger partial charge in [0.2, 0.25) is 0 Å². The van der Waals surface area contributed by atoms with Gasteiger partial charge in [-0.15, -0.1) is 0 Å². The Hall–Kier alpha value is -0.820. The maximum Gasteiger partial charge on any atom is -0.0106 e. The Labute approximate surface area is 76.6 Å². The largest absolute Gasteiger partial charge is 0.331 e. The van der Waals surface area contributed by atoms with Crippen LogP contribution in [-0.4, -0.2) is 6.54 Å². The average molecular weight is 167 g/mol. The van der Waals surface area contributed by atoms with E-state index in [0.29, 0.717) is 0 Å². The molecule has 12 heavy (non-hydrogen) atoms. The Morgan fingerprint density at radius 2 is 0.833 bits per heavy atom. The normalized spacial score (nSPS) is 7.00. The summed E-state index contributed by atoms with van der Waals surface area (Å²) in [6, 6.07) is 12.0. The first-order chi connectivity index (χ1) is 5.83. The second-order valence-corrected chi connectivity index (χ2v) is 2.27. The fraction of sp³-hybridized carbons (Fsp3) is 0.455. The van der Waals surface area contributed by atoms with Crippen LogP contribution < -0.4 is 5.73 Å². The summed E-state index contributed by atoms with van der Waals surface area (Å²) in [4.78, 5) is 0. The maximum absolute atomic E-state index is 4.85. The summed E-state index contributed by atoms with van der Waals surface area (Å²) in [6.45, 7) is 6.90. The molecule has 0 amide bonds. The summed E-state index contributed by atoms with van der Waals surface area (Å²) in [7, 11) is 0. The van der Waals surface area contributed by atoms with Gasteiger partial charge >= 0.3 is 0 Å². The third-order valence-corrected chi connectivity index (χ3v) is 0.667. The molecular formula is C11H21N. The van der Waals surface area contributed by atoms with Crippen molar-refractivity contribution in [1.82, 2.24) is 0 Å². The molecular weight excluding hydrogens is 146 g/mol. The monoisotopic (exact) mass is 167 g/mol. The first kappa shape index (κ1) is 13.7. The zero-order chi connectivity index (χ0) is 9.66. The van der Waals surface area contributed by atoms with Crippen LogP contribution in [-0.2, 0) is 0 Å². The van der Waals surface area contributed by atoms with E-state index >= 15 is 0 Å². The van der Waals surface area contributed by atoms with Crippen LogP contribution in [0.2, 0.25) is 0 Å². The molecule has 0 aliphatic carbocycles. The third kappa shape index (κ3) is 22.9. The molecule has 0 bridgehead atoms. The summed E-state index contributed by atoms with van der Waals surface area (Å²) in [6.07, 6.45) is 1.25. The van der Waals surface area contributed by atoms with E-state index in [9.17, 15) is 0 Å². The van der Waals surface area contributed by atoms with Gasteiger partial charge in [-0.1, -0.05) is 63.6 Å². The van der Waals surface area contributed by atoms with E-state index in [1.807, 2.05) is 43.3 Å². The van der Waals surface area contributed by atoms with E-state index in [1.54, 1.807) is 0 Å². The highest BCUT2D eigenvalue weighted by atomic mass is 14.5. The van der Waals surface area contributed by atoms with Crippen molar-refractivity contribution in [1.29, 1.82) is 0 Å². The first-order valence-corrected chi connectivity index (χ1v) is 4.53. The summed E-state index contributed by atoms with van der Waals surface area (Å²) in [5.74, 6) is 0. The van der Waals surface area contributed by atoms with Crippen LogP contribution in [0.1, 0.15) is 27.2 Å². The van der Waals surface area contributed by atoms with Crippen molar-refractivity contribution in [3.63, 3.8) is 0 Å². The van der Waals surface area contributed by atoms with Crippen molar-refractivity contribution < 1.29 is 0 Å². The van der Waals surface area contributed by atoms with E-state index in [1.165, 1.54) is 6.42 Å². The average Bonchev–Trinajstić information content (AvgIpc) is 2.10. The Bertz CT molecular complexity index is 97.0. The molecule has 0 heterocycles. The van der Waals surface area contributed by atoms with Crippen molar-refractivity contribution in [2.75, 3.05) is 6.54 Å². The molecule has 0 aliphatic rings. The molecule has 0 atom stereocenters. The number of nitrogens with two attached hydrogens (primary N) is 1. The third-order valence-electron chi connectivity index (χ3n) is 0.667. The van der Waals surface area contributed by atoms with Gasteiger partial charge in [-0.3, -0.25) is 0 Å². The lowest BCUT2D eigenvalue weighted by atomic mass is 10.4. The lowest BCUT2D eigenvalue weighted by Gasteiger charge is -1.69. The molecule has 0 spiro atoms. The van der Waals surface area contributed by atoms with E-state index in [-0.39, 0.29) is 0 Å². The topological polar surface area (TPSA) is 26.0 Å². The molecule has 0 saturated heterocycles. The Kier molecular flexibility index (Phi) is 19.1. The highest BCUT2D eigenvalue weighted by Gasteiger charge is 1.57. The van der Waals surface area contributed by atoms with Gasteiger partial charge in [-0.25, -0.2) is 0 Å². The molecule has 1 aromatic carbocycles. The highest BCUT2D eigenvalue weighted by molar-refractivity contribution is 4.99. The SMILES string of the molecule is CCC.CCN.c1ccccc1. The second-order valence-electron chi connectivity index (χ2n) is 2.27. The van der Waals surface area contributed by atoms with Crippen molar-refractivity contribution >= 4 is 0 Å². The standard InChI is InChI=1S/C6H6.C3H8.C2H7N/c1-2-4-6-5-3-1;1-3-2;1-2-3/h1-6H;3H2,1-2H3;2-3H2,1H3. The zero-order valence-corrected chi connectivity index (χ0v) is 8.46. The van der Waals surface area contributed by atoms with E-state index in [0.717, 1.165) is 6.54 Å². The zero-order valence-electron chi connectivity index (χ0n) is 8.46. The molecule has 0 unspecified atom stereocenters. The fourth-order valence-corrected chi connectivity index (χ4v) is 0.385. The molecule has 1 nitrogen and oxygen atoms in total. The number of hydrogen-bond donors (Lipinski definition) is 1. The van der Waals surface area contributed by atoms with Crippen LogP contribution in [0.5, 0.6) is 0 Å². The van der Waals surface area contributed by atoms with Crippen LogP contribution in [0.15, 0.2) is 36.4 Å². The Morgan fingerprint density at radius 1 is 0.750 bits per heavy atom. The van der Waals surface area contributed by atoms with Crippen LogP contribution in [0.25, 0.3) is 0 Å². The highest BCUT2D eigenvalue weighted by Crippen LogP contribution is 1.79. The lowest BCUT2D eigenvalue weighted by Crippen LogP contribution is -1.87. The van der Waals surface area contributed by atoms with E-state index < -0.39 is 0 Å². The van der Waals surface area contributed by atoms with Crippen molar-refractivity contribution in [3.8, 4) is 0 Å². The summed E-state index contributed by atoms with van der Waals surface area (Å²) in [5, 5.41) is 0. The lowest BCUT2D eigenvalue weighted by molar-refractivity contribution is 1.09. The molecule has 1 rings (SSSR count). The van der Waals surface area contributed by atoms with Crippen molar-refractivity contribution in [3.05, 3.63) is 36.4 Å². The first-order valence-electron chi connectivity index (χ1n) is 4.53. The van der Waals surface area contributed by atoms with Gasteiger partial charge in [-0.05, 0) is 6.54 Å². The van der Waals surface area contributed by atoms with E-state index in [2.05, 4.69) is 13.8 Å². The van der Waals surface area contributed by atoms with Crippen LogP contribution in [0.4, 0.5) is 0 Å². The molecule has 0 aromatic heterocycles. The van der Waals surface area contributed by atoms with Crippen molar-refractivity contribution in [2.45, 2.75) is 27.2 Å². The predicted molar refractivity (Wildman–Crippen MR) is 57.1 cm³/mol. The quantitative estimate of drug-likeness (QED) is 0.631. The van der Waals surface area contributed by atoms with Crippen LogP contribution >= 0.6 is 0 Å². The molecule has 70 valence electrons. The minimum atomic E-state index is 0.750. The predicted octanol–water partition coefficient (Wildman–Crippen LogP) is 3.07. The minimum Gasteiger partial charge on any atom is -0.331 e. The molecule has 1 aromatic rings. The number of benzene rings is 1. The van der Waals surface area contributed by atoms with E-state index in [4.69, 9.17) is 5.73 Å². The molecule has 0 saturated carbocycles. The molecule has 2 N–H and O–H groups in total. The minimum absolute atomic E-state index is 0.750. The maximum atomic E-state index is 4.85. The molecule has 0 aliphatic heterocycles. The van der Waals surface area contributed by atoms with Gasteiger partial charge in [0.1, 0.15) is 0 Å². The van der Waals surface area contributed by atoms with Gasteiger partial charge in [0, 0.05) is 0 Å². The second kappa shape index (κ2) is 16.6. The smallest absolute Gasteiger partial charge is 0.0106 e. The van der Waals surface area contributed by atoms with Gasteiger partial charge in [0.25, 0.3) is 0 Å². The molecule has 0 radical (unpaired) electrons. The summed E-state index contributed by atoms with van der Waals surface area (Å²) < 4.78 is 0. The Morgan fingerprint density at radius 3 is 0.917 bits per heavy atom. The summed E-state index contributed by atoms with van der Waals surface area (Å²) in [5.41, 5.74) is 4.85. The fourth-order valence-electron chi connectivity index (χ4n) is 0.385. The summed E-state index contributed by atoms with van der Waals surface area (Å²) >= 11 is 0. The molecule has 0 fully saturated rings. The number of rotatable bonds is 0. The van der Waals surface area contributed by atoms with Gasteiger partial charge < -0.3 is 5.73 Å². The van der Waals surface area contributed by atoms with Gasteiger partial charge in [-0.2, -0.15) is 0 Å². The van der Waals surface area contributed by atoms with Crippen LogP contribution in [0, 0.1) is 0 Å². The van der Waals surface area contributed by atoms with Gasteiger partial charge in [0.15, 0.2) is 0 Å². The van der Waals surface area contributed by atoms with Crippen LogP contribution in [0.3, 0.4) is 0 Å².